The molecule has 0 saturated carbocycles. The van der Waals surface area contributed by atoms with Gasteiger partial charge in [-0.1, -0.05) is 5.10 Å². The van der Waals surface area contributed by atoms with Gasteiger partial charge in [0, 0.05) is 6.92 Å². The molecular weight excluding hydrogens is 204 g/mol. The fourth-order valence-electron chi connectivity index (χ4n) is 0.793. The first-order valence-corrected chi connectivity index (χ1v) is 4.10. The van der Waals surface area contributed by atoms with Crippen molar-refractivity contribution >= 4 is 17.9 Å². The maximum absolute atomic E-state index is 11.1. The van der Waals surface area contributed by atoms with Crippen LogP contribution in [0.5, 0.6) is 0 Å². The zero-order chi connectivity index (χ0) is 11.3. The lowest BCUT2D eigenvalue weighted by atomic mass is 10.5. The van der Waals surface area contributed by atoms with Gasteiger partial charge < -0.3 is 9.52 Å². The normalized spacial score (nSPS) is 9.93. The minimum atomic E-state index is -1.03. The van der Waals surface area contributed by atoms with Gasteiger partial charge in [0.2, 0.25) is 11.8 Å². The van der Waals surface area contributed by atoms with Gasteiger partial charge in [-0.3, -0.25) is 20.2 Å². The fraction of sp³-hybridized carbons (Fsp3) is 0.429. The van der Waals surface area contributed by atoms with Crippen LogP contribution < -0.4 is 10.6 Å². The molecule has 0 aliphatic rings. The number of rotatable bonds is 5. The van der Waals surface area contributed by atoms with Crippen molar-refractivity contribution in [2.75, 3.05) is 18.4 Å². The van der Waals surface area contributed by atoms with Crippen LogP contribution >= 0.6 is 0 Å². The highest BCUT2D eigenvalue weighted by atomic mass is 16.4. The molecule has 0 spiro atoms. The molecule has 15 heavy (non-hydrogen) atoms. The summed E-state index contributed by atoms with van der Waals surface area (Å²) in [7, 11) is 0. The van der Waals surface area contributed by atoms with E-state index in [1.54, 1.807) is 6.92 Å². The maximum atomic E-state index is 11.1. The van der Waals surface area contributed by atoms with E-state index in [2.05, 4.69) is 20.8 Å². The quantitative estimate of drug-likeness (QED) is 0.574. The Labute approximate surface area is 84.7 Å². The van der Waals surface area contributed by atoms with E-state index in [0.717, 1.165) is 0 Å². The van der Waals surface area contributed by atoms with E-state index in [-0.39, 0.29) is 19.1 Å². The molecule has 1 aromatic heterocycles. The molecular formula is C7H10N4O4. The molecule has 0 aromatic carbocycles. The van der Waals surface area contributed by atoms with Crippen LogP contribution in [0.1, 0.15) is 5.89 Å². The molecule has 0 radical (unpaired) electrons. The number of hydrogen-bond acceptors (Lipinski definition) is 6. The van der Waals surface area contributed by atoms with E-state index in [1.807, 2.05) is 0 Å². The van der Waals surface area contributed by atoms with Gasteiger partial charge in [0.25, 0.3) is 0 Å². The summed E-state index contributed by atoms with van der Waals surface area (Å²) < 4.78 is 4.88. The van der Waals surface area contributed by atoms with Gasteiger partial charge in [0.1, 0.15) is 0 Å². The lowest BCUT2D eigenvalue weighted by molar-refractivity contribution is -0.135. The molecule has 0 aliphatic heterocycles. The third-order valence-electron chi connectivity index (χ3n) is 1.33. The van der Waals surface area contributed by atoms with Gasteiger partial charge in [-0.15, -0.1) is 5.10 Å². The SMILES string of the molecule is Cc1nnc(NC(=O)CNCC(=O)O)o1. The summed E-state index contributed by atoms with van der Waals surface area (Å²) in [6.45, 7) is 1.18. The number of carbonyl (C=O) groups excluding carboxylic acids is 1. The summed E-state index contributed by atoms with van der Waals surface area (Å²) in [6, 6.07) is -0.00498. The van der Waals surface area contributed by atoms with Gasteiger partial charge in [-0.25, -0.2) is 0 Å². The molecule has 1 heterocycles. The number of carboxylic acid groups (broad SMARTS) is 1. The smallest absolute Gasteiger partial charge is 0.322 e. The standard InChI is InChI=1S/C7H10N4O4/c1-4-10-11-7(15-4)9-5(12)2-8-3-6(13)14/h8H,2-3H2,1H3,(H,13,14)(H,9,11,12). The summed E-state index contributed by atoms with van der Waals surface area (Å²) in [5.41, 5.74) is 0. The number of aliphatic carboxylic acids is 1. The van der Waals surface area contributed by atoms with Crippen LogP contribution in [-0.2, 0) is 9.59 Å². The number of nitrogens with one attached hydrogen (secondary N) is 2. The first-order chi connectivity index (χ1) is 7.08. The molecule has 1 rings (SSSR count). The minimum Gasteiger partial charge on any atom is -0.480 e. The molecule has 8 nitrogen and oxygen atoms in total. The Morgan fingerprint density at radius 2 is 2.13 bits per heavy atom. The van der Waals surface area contributed by atoms with Crippen molar-refractivity contribution in [1.29, 1.82) is 0 Å². The summed E-state index contributed by atoms with van der Waals surface area (Å²) >= 11 is 0. The summed E-state index contributed by atoms with van der Waals surface area (Å²) in [6.07, 6.45) is 0. The van der Waals surface area contributed by atoms with E-state index >= 15 is 0 Å². The molecule has 3 N–H and O–H groups in total. The zero-order valence-electron chi connectivity index (χ0n) is 7.98. The highest BCUT2D eigenvalue weighted by molar-refractivity contribution is 5.90. The first kappa shape index (κ1) is 11.1. The van der Waals surface area contributed by atoms with Crippen LogP contribution in [0.15, 0.2) is 4.42 Å². The molecule has 0 unspecified atom stereocenters. The molecule has 0 fully saturated rings. The lowest BCUT2D eigenvalue weighted by Gasteiger charge is -2.00. The third kappa shape index (κ3) is 4.18. The largest absolute Gasteiger partial charge is 0.480 e. The van der Waals surface area contributed by atoms with E-state index in [1.165, 1.54) is 0 Å². The van der Waals surface area contributed by atoms with Crippen LogP contribution in [0.3, 0.4) is 0 Å². The minimum absolute atomic E-state index is 0.00498. The van der Waals surface area contributed by atoms with Gasteiger partial charge in [-0.05, 0) is 0 Å². The van der Waals surface area contributed by atoms with Gasteiger partial charge in [0.05, 0.1) is 13.1 Å². The van der Waals surface area contributed by atoms with E-state index in [9.17, 15) is 9.59 Å². The molecule has 0 saturated heterocycles. The molecule has 0 atom stereocenters. The Bertz CT molecular complexity index is 362. The Balaban J connectivity index is 2.27. The molecule has 82 valence electrons. The van der Waals surface area contributed by atoms with E-state index in [0.29, 0.717) is 5.89 Å². The van der Waals surface area contributed by atoms with Gasteiger partial charge in [0.15, 0.2) is 0 Å². The van der Waals surface area contributed by atoms with Crippen LogP contribution in [0.2, 0.25) is 0 Å². The number of hydrogen-bond donors (Lipinski definition) is 3. The molecule has 1 amide bonds. The lowest BCUT2D eigenvalue weighted by Crippen LogP contribution is -2.31. The fourth-order valence-corrected chi connectivity index (χ4v) is 0.793. The summed E-state index contributed by atoms with van der Waals surface area (Å²) in [4.78, 5) is 21.2. The number of carboxylic acids is 1. The van der Waals surface area contributed by atoms with Gasteiger partial charge in [-0.2, -0.15) is 0 Å². The Morgan fingerprint density at radius 3 is 2.67 bits per heavy atom. The Hall–Kier alpha value is -1.96. The number of aryl methyl sites for hydroxylation is 1. The van der Waals surface area contributed by atoms with Crippen LogP contribution in [0.25, 0.3) is 0 Å². The van der Waals surface area contributed by atoms with E-state index in [4.69, 9.17) is 9.52 Å². The van der Waals surface area contributed by atoms with Crippen molar-refractivity contribution in [3.8, 4) is 0 Å². The van der Waals surface area contributed by atoms with Crippen molar-refractivity contribution < 1.29 is 19.1 Å². The Kier molecular flexibility index (Phi) is 3.75. The second-order valence-electron chi connectivity index (χ2n) is 2.67. The number of carbonyl (C=O) groups is 2. The van der Waals surface area contributed by atoms with Crippen molar-refractivity contribution in [3.05, 3.63) is 5.89 Å². The average molecular weight is 214 g/mol. The van der Waals surface area contributed by atoms with Crippen LogP contribution in [-0.4, -0.2) is 40.3 Å². The number of amides is 1. The predicted octanol–water partition coefficient (Wildman–Crippen LogP) is -1.01. The molecule has 8 heteroatoms. The van der Waals surface area contributed by atoms with E-state index < -0.39 is 11.9 Å². The number of aromatic nitrogens is 2. The summed E-state index contributed by atoms with van der Waals surface area (Å²) in [5.74, 6) is -1.14. The predicted molar refractivity (Wildman–Crippen MR) is 48.2 cm³/mol. The average Bonchev–Trinajstić information content (AvgIpc) is 2.50. The van der Waals surface area contributed by atoms with Crippen molar-refractivity contribution in [2.24, 2.45) is 0 Å². The molecule has 1 aromatic rings. The maximum Gasteiger partial charge on any atom is 0.322 e. The second-order valence-corrected chi connectivity index (χ2v) is 2.67. The van der Waals surface area contributed by atoms with Crippen molar-refractivity contribution in [1.82, 2.24) is 15.5 Å². The van der Waals surface area contributed by atoms with Crippen LogP contribution in [0, 0.1) is 6.92 Å². The molecule has 0 aliphatic carbocycles. The number of anilines is 1. The van der Waals surface area contributed by atoms with Crippen molar-refractivity contribution in [2.45, 2.75) is 6.92 Å². The zero-order valence-corrected chi connectivity index (χ0v) is 7.98. The molecule has 0 bridgehead atoms. The third-order valence-corrected chi connectivity index (χ3v) is 1.33. The van der Waals surface area contributed by atoms with Gasteiger partial charge >= 0.3 is 12.0 Å². The highest BCUT2D eigenvalue weighted by Gasteiger charge is 2.07. The number of nitrogens with zero attached hydrogens (tertiary/aromatic N) is 2. The highest BCUT2D eigenvalue weighted by Crippen LogP contribution is 2.02. The Morgan fingerprint density at radius 1 is 1.40 bits per heavy atom. The van der Waals surface area contributed by atoms with Crippen molar-refractivity contribution in [3.63, 3.8) is 0 Å². The topological polar surface area (TPSA) is 117 Å². The van der Waals surface area contributed by atoms with Crippen LogP contribution in [0.4, 0.5) is 6.01 Å². The first-order valence-electron chi connectivity index (χ1n) is 4.10. The second kappa shape index (κ2) is 5.05. The monoisotopic (exact) mass is 214 g/mol. The summed E-state index contributed by atoms with van der Waals surface area (Å²) in [5, 5.41) is 20.0.